The summed E-state index contributed by atoms with van der Waals surface area (Å²) in [5.41, 5.74) is 2.31. The fourth-order valence-corrected chi connectivity index (χ4v) is 3.10. The number of aliphatic imine (C=N–C) groups is 1. The van der Waals surface area contributed by atoms with E-state index in [1.54, 1.807) is 0 Å². The minimum absolute atomic E-state index is 0. The van der Waals surface area contributed by atoms with Crippen molar-refractivity contribution in [3.8, 4) is 5.88 Å². The van der Waals surface area contributed by atoms with E-state index >= 15 is 0 Å². The van der Waals surface area contributed by atoms with Gasteiger partial charge in [-0.15, -0.1) is 24.0 Å². The third kappa shape index (κ3) is 9.23. The van der Waals surface area contributed by atoms with Crippen molar-refractivity contribution in [1.29, 1.82) is 0 Å². The van der Waals surface area contributed by atoms with Crippen LogP contribution in [0.2, 0.25) is 0 Å². The lowest BCUT2D eigenvalue weighted by Gasteiger charge is -2.33. The van der Waals surface area contributed by atoms with Gasteiger partial charge in [-0.2, -0.15) is 0 Å². The van der Waals surface area contributed by atoms with Crippen LogP contribution < -0.4 is 15.4 Å². The van der Waals surface area contributed by atoms with Crippen molar-refractivity contribution in [1.82, 2.24) is 20.5 Å². The Labute approximate surface area is 187 Å². The first-order valence-electron chi connectivity index (χ1n) is 10.1. The predicted octanol–water partition coefficient (Wildman–Crippen LogP) is 3.58. The third-order valence-electron chi connectivity index (χ3n) is 4.44. The molecule has 1 saturated heterocycles. The highest BCUT2D eigenvalue weighted by atomic mass is 127. The lowest BCUT2D eigenvalue weighted by atomic mass is 10.0. The lowest BCUT2D eigenvalue weighted by molar-refractivity contribution is 0.221. The maximum atomic E-state index is 5.53. The number of likely N-dealkylation sites (tertiary alicyclic amines) is 1. The Bertz CT molecular complexity index is 597. The van der Waals surface area contributed by atoms with Crippen molar-refractivity contribution in [3.63, 3.8) is 0 Å². The van der Waals surface area contributed by atoms with Gasteiger partial charge in [-0.05, 0) is 38.7 Å². The molecule has 1 aliphatic rings. The van der Waals surface area contributed by atoms with Crippen molar-refractivity contribution < 1.29 is 4.74 Å². The Kier molecular flexibility index (Phi) is 12.1. The highest BCUT2D eigenvalue weighted by molar-refractivity contribution is 14.0. The molecule has 1 aromatic rings. The smallest absolute Gasteiger partial charge is 0.213 e. The van der Waals surface area contributed by atoms with Gasteiger partial charge in [-0.25, -0.2) is 9.98 Å². The van der Waals surface area contributed by atoms with E-state index in [9.17, 15) is 0 Å². The van der Waals surface area contributed by atoms with Crippen LogP contribution in [-0.2, 0) is 6.54 Å². The first kappa shape index (κ1) is 24.7. The van der Waals surface area contributed by atoms with E-state index in [4.69, 9.17) is 9.73 Å². The minimum atomic E-state index is 0. The molecule has 2 rings (SSSR count). The minimum Gasteiger partial charge on any atom is -0.478 e. The van der Waals surface area contributed by atoms with Gasteiger partial charge in [0.05, 0.1) is 13.2 Å². The summed E-state index contributed by atoms with van der Waals surface area (Å²) in [5.74, 6) is 1.55. The van der Waals surface area contributed by atoms with Crippen LogP contribution in [0.25, 0.3) is 0 Å². The molecule has 0 amide bonds. The molecule has 1 aliphatic heterocycles. The summed E-state index contributed by atoms with van der Waals surface area (Å²) in [4.78, 5) is 11.5. The third-order valence-corrected chi connectivity index (χ3v) is 4.44. The number of rotatable bonds is 9. The Balaban J connectivity index is 0.00000392. The van der Waals surface area contributed by atoms with E-state index < -0.39 is 0 Å². The van der Waals surface area contributed by atoms with Gasteiger partial charge in [0, 0.05) is 44.5 Å². The molecular weight excluding hydrogens is 465 g/mol. The molecule has 0 bridgehead atoms. The van der Waals surface area contributed by atoms with E-state index in [1.165, 1.54) is 5.57 Å². The number of piperidine rings is 1. The van der Waals surface area contributed by atoms with Gasteiger partial charge >= 0.3 is 0 Å². The average Bonchev–Trinajstić information content (AvgIpc) is 2.66. The topological polar surface area (TPSA) is 61.8 Å². The van der Waals surface area contributed by atoms with Gasteiger partial charge < -0.3 is 15.4 Å². The van der Waals surface area contributed by atoms with Gasteiger partial charge in [0.15, 0.2) is 5.96 Å². The summed E-state index contributed by atoms with van der Waals surface area (Å²) in [6.07, 6.45) is 5.08. The zero-order valence-electron chi connectivity index (χ0n) is 17.5. The molecule has 1 fully saturated rings. The van der Waals surface area contributed by atoms with Gasteiger partial charge in [-0.3, -0.25) is 4.90 Å². The maximum absolute atomic E-state index is 5.53. The summed E-state index contributed by atoms with van der Waals surface area (Å²) in [7, 11) is 0. The number of nitrogens with zero attached hydrogens (tertiary/aromatic N) is 3. The summed E-state index contributed by atoms with van der Waals surface area (Å²) < 4.78 is 5.53. The van der Waals surface area contributed by atoms with Crippen LogP contribution in [0.3, 0.4) is 0 Å². The second-order valence-corrected chi connectivity index (χ2v) is 7.20. The van der Waals surface area contributed by atoms with E-state index in [0.29, 0.717) is 25.1 Å². The highest BCUT2D eigenvalue weighted by Gasteiger charge is 2.19. The average molecular weight is 501 g/mol. The number of nitrogens with one attached hydrogen (secondary N) is 2. The second kappa shape index (κ2) is 13.8. The molecule has 7 heteroatoms. The van der Waals surface area contributed by atoms with Gasteiger partial charge in [0.25, 0.3) is 0 Å². The van der Waals surface area contributed by atoms with Crippen molar-refractivity contribution in [2.24, 2.45) is 4.99 Å². The van der Waals surface area contributed by atoms with Crippen molar-refractivity contribution >= 4 is 29.9 Å². The van der Waals surface area contributed by atoms with Gasteiger partial charge in [-0.1, -0.05) is 25.1 Å². The van der Waals surface area contributed by atoms with Crippen LogP contribution >= 0.6 is 24.0 Å². The van der Waals surface area contributed by atoms with Crippen LogP contribution in [0.5, 0.6) is 5.88 Å². The lowest BCUT2D eigenvalue weighted by Crippen LogP contribution is -2.48. The fourth-order valence-electron chi connectivity index (χ4n) is 3.10. The molecule has 0 spiro atoms. The molecule has 158 valence electrons. The highest BCUT2D eigenvalue weighted by Crippen LogP contribution is 2.12. The summed E-state index contributed by atoms with van der Waals surface area (Å²) >= 11 is 0. The molecule has 0 radical (unpaired) electrons. The molecule has 1 aromatic heterocycles. The molecular formula is C21H36IN5O. The van der Waals surface area contributed by atoms with Crippen LogP contribution in [0, 0.1) is 0 Å². The van der Waals surface area contributed by atoms with Crippen molar-refractivity contribution in [2.75, 3.05) is 32.8 Å². The van der Waals surface area contributed by atoms with E-state index in [-0.39, 0.29) is 24.0 Å². The van der Waals surface area contributed by atoms with Crippen LogP contribution in [-0.4, -0.2) is 54.7 Å². The number of pyridine rings is 1. The number of guanidine groups is 1. The normalized spacial score (nSPS) is 15.6. The largest absolute Gasteiger partial charge is 0.478 e. The van der Waals surface area contributed by atoms with Gasteiger partial charge in [0.2, 0.25) is 5.88 Å². The number of ether oxygens (including phenoxy) is 1. The zero-order valence-corrected chi connectivity index (χ0v) is 19.9. The Morgan fingerprint density at radius 2 is 2.07 bits per heavy atom. The molecule has 0 saturated carbocycles. The molecule has 28 heavy (non-hydrogen) atoms. The SMILES string of the molecule is C=C(C)CN1CCC(NC(=NCc2ccc(OCCC)nc2)NCC)CC1.I. The number of halogens is 1. The molecule has 0 atom stereocenters. The monoisotopic (exact) mass is 501 g/mol. The summed E-state index contributed by atoms with van der Waals surface area (Å²) in [5, 5.41) is 6.93. The first-order valence-corrected chi connectivity index (χ1v) is 10.1. The van der Waals surface area contributed by atoms with E-state index in [2.05, 4.69) is 47.9 Å². The predicted molar refractivity (Wildman–Crippen MR) is 128 cm³/mol. The fraction of sp³-hybridized carbons (Fsp3) is 0.619. The zero-order chi connectivity index (χ0) is 19.5. The van der Waals surface area contributed by atoms with Gasteiger partial charge in [0.1, 0.15) is 0 Å². The summed E-state index contributed by atoms with van der Waals surface area (Å²) in [6.45, 7) is 15.7. The maximum Gasteiger partial charge on any atom is 0.213 e. The molecule has 2 heterocycles. The summed E-state index contributed by atoms with van der Waals surface area (Å²) in [6, 6.07) is 4.41. The number of hydrogen-bond donors (Lipinski definition) is 2. The van der Waals surface area contributed by atoms with E-state index in [0.717, 1.165) is 57.0 Å². The molecule has 2 N–H and O–H groups in total. The number of aromatic nitrogens is 1. The number of hydrogen-bond acceptors (Lipinski definition) is 4. The molecule has 0 aromatic carbocycles. The molecule has 6 nitrogen and oxygen atoms in total. The Hall–Kier alpha value is -1.35. The second-order valence-electron chi connectivity index (χ2n) is 7.20. The van der Waals surface area contributed by atoms with Crippen LogP contribution in [0.1, 0.15) is 45.6 Å². The Morgan fingerprint density at radius 1 is 1.32 bits per heavy atom. The molecule has 0 unspecified atom stereocenters. The van der Waals surface area contributed by atoms with Crippen molar-refractivity contribution in [2.45, 2.75) is 52.6 Å². The van der Waals surface area contributed by atoms with E-state index in [1.807, 2.05) is 18.3 Å². The standard InChI is InChI=1S/C21H35N5O.HI/c1-5-13-27-20-8-7-18(14-23-20)15-24-21(22-6-2)25-19-9-11-26(12-10-19)16-17(3)4;/h7-8,14,19H,3,5-6,9-13,15-16H2,1-2,4H3,(H2,22,24,25);1H. The van der Waals surface area contributed by atoms with Crippen LogP contribution in [0.4, 0.5) is 0 Å². The van der Waals surface area contributed by atoms with Crippen molar-refractivity contribution in [3.05, 3.63) is 36.0 Å². The first-order chi connectivity index (χ1) is 13.1. The quantitative estimate of drug-likeness (QED) is 0.235. The van der Waals surface area contributed by atoms with Crippen LogP contribution in [0.15, 0.2) is 35.5 Å². The Morgan fingerprint density at radius 3 is 2.64 bits per heavy atom. The molecule has 0 aliphatic carbocycles.